The van der Waals surface area contributed by atoms with Crippen molar-refractivity contribution in [3.63, 3.8) is 0 Å². The Balaban J connectivity index is 0.000000628. The summed E-state index contributed by atoms with van der Waals surface area (Å²) < 4.78 is 13.2. The molecule has 0 fully saturated rings. The quantitative estimate of drug-likeness (QED) is 0.539. The van der Waals surface area contributed by atoms with Crippen molar-refractivity contribution < 1.29 is 25.7 Å². The van der Waals surface area contributed by atoms with Crippen molar-refractivity contribution in [1.82, 2.24) is 10.4 Å². The number of hydroxylamine groups is 1. The lowest BCUT2D eigenvalue weighted by Crippen LogP contribution is -2.43. The molecule has 0 bridgehead atoms. The van der Waals surface area contributed by atoms with Crippen LogP contribution in [0.25, 0.3) is 0 Å². The molecule has 1 atom stereocenters. The minimum Gasteiger partial charge on any atom is -0.391 e. The van der Waals surface area contributed by atoms with Gasteiger partial charge in [0.05, 0.1) is 22.8 Å². The summed E-state index contributed by atoms with van der Waals surface area (Å²) in [6.45, 7) is 5.23. The molecule has 152 valence electrons. The van der Waals surface area contributed by atoms with E-state index in [4.69, 9.17) is 5.11 Å². The van der Waals surface area contributed by atoms with Crippen LogP contribution in [0.15, 0.2) is 48.5 Å². The smallest absolute Gasteiger partial charge is 0.261 e. The van der Waals surface area contributed by atoms with Gasteiger partial charge in [-0.3, -0.25) is 14.5 Å². The van der Waals surface area contributed by atoms with Crippen LogP contribution in [0.4, 0.5) is 4.39 Å². The lowest BCUT2D eigenvalue weighted by atomic mass is 10.1. The third-order valence-corrected chi connectivity index (χ3v) is 3.83. The largest absolute Gasteiger partial charge is 0.391 e. The lowest BCUT2D eigenvalue weighted by molar-refractivity contribution is 0.0570. The zero-order valence-electron chi connectivity index (χ0n) is 16.1. The van der Waals surface area contributed by atoms with Crippen molar-refractivity contribution in [2.75, 3.05) is 6.54 Å². The number of aliphatic hydroxyl groups is 1. The fourth-order valence-electron chi connectivity index (χ4n) is 2.72. The average Bonchev–Trinajstić information content (AvgIpc) is 2.85. The van der Waals surface area contributed by atoms with Gasteiger partial charge in [0.1, 0.15) is 5.82 Å². The van der Waals surface area contributed by atoms with Crippen LogP contribution in [0.3, 0.4) is 0 Å². The summed E-state index contributed by atoms with van der Waals surface area (Å²) in [5.41, 5.74) is 2.98. The van der Waals surface area contributed by atoms with Crippen molar-refractivity contribution in [2.45, 2.75) is 38.8 Å². The maximum Gasteiger partial charge on any atom is 0.261 e. The molecule has 3 N–H and O–H groups in total. The second-order valence-electron chi connectivity index (χ2n) is 7.60. The second-order valence-corrected chi connectivity index (χ2v) is 7.60. The number of imide groups is 1. The Kier molecular flexibility index (Phi) is 7.01. The Morgan fingerprint density at radius 2 is 1.61 bits per heavy atom. The van der Waals surface area contributed by atoms with Crippen LogP contribution in [0, 0.1) is 5.82 Å². The van der Waals surface area contributed by atoms with Gasteiger partial charge in [0.25, 0.3) is 11.8 Å². The molecule has 1 aliphatic heterocycles. The number of rotatable bonds is 5. The maximum absolute atomic E-state index is 13.2. The van der Waals surface area contributed by atoms with E-state index in [1.54, 1.807) is 57.2 Å². The molecule has 1 aliphatic rings. The molecule has 0 aromatic heterocycles. The number of carbonyl (C=O) groups is 2. The summed E-state index contributed by atoms with van der Waals surface area (Å²) >= 11 is 0. The van der Waals surface area contributed by atoms with E-state index in [2.05, 4.69) is 5.48 Å². The first-order valence-corrected chi connectivity index (χ1v) is 8.92. The Bertz CT molecular complexity index is 814. The number of hydrogen-bond acceptors (Lipinski definition) is 5. The zero-order valence-corrected chi connectivity index (χ0v) is 16.1. The molecule has 0 saturated heterocycles. The van der Waals surface area contributed by atoms with Crippen molar-refractivity contribution in [1.29, 1.82) is 0 Å². The topological polar surface area (TPSA) is 89.9 Å². The van der Waals surface area contributed by atoms with Crippen LogP contribution < -0.4 is 5.48 Å². The van der Waals surface area contributed by atoms with Crippen LogP contribution in [-0.4, -0.2) is 45.2 Å². The molecule has 0 saturated carbocycles. The minimum atomic E-state index is -0.584. The highest BCUT2D eigenvalue weighted by Crippen LogP contribution is 2.22. The molecule has 0 aliphatic carbocycles. The normalized spacial score (nSPS) is 14.4. The number of benzene rings is 2. The molecule has 3 rings (SSSR count). The van der Waals surface area contributed by atoms with Gasteiger partial charge in [-0.15, -0.1) is 0 Å². The number of amides is 2. The van der Waals surface area contributed by atoms with Gasteiger partial charge in [0, 0.05) is 7.97 Å². The van der Waals surface area contributed by atoms with E-state index in [1.807, 2.05) is 0 Å². The molecule has 0 spiro atoms. The summed E-state index contributed by atoms with van der Waals surface area (Å²) in [6.07, 6.45) is 0.279. The molecule has 0 radical (unpaired) electrons. The van der Waals surface area contributed by atoms with Crippen molar-refractivity contribution in [3.8, 4) is 0 Å². The third kappa shape index (κ3) is 5.95. The first-order chi connectivity index (χ1) is 13.1. The van der Waals surface area contributed by atoms with Crippen molar-refractivity contribution in [3.05, 3.63) is 71.0 Å². The molecule has 2 amide bonds. The van der Waals surface area contributed by atoms with Gasteiger partial charge in [0.2, 0.25) is 0 Å². The van der Waals surface area contributed by atoms with E-state index >= 15 is 0 Å². The fourth-order valence-corrected chi connectivity index (χ4v) is 2.72. The SMILES string of the molecule is CC(C)(C)O.O=C1c2ccccc2C(=O)N1C[C@H](Cc1cccc(F)c1)NO.[HH]. The number of halogens is 1. The van der Waals surface area contributed by atoms with Gasteiger partial charge >= 0.3 is 0 Å². The maximum atomic E-state index is 13.2. The van der Waals surface area contributed by atoms with Gasteiger partial charge in [-0.1, -0.05) is 24.3 Å². The number of hydrogen-bond donors (Lipinski definition) is 3. The van der Waals surface area contributed by atoms with Gasteiger partial charge in [0.15, 0.2) is 0 Å². The number of carbonyl (C=O) groups excluding carboxylic acids is 2. The fraction of sp³-hybridized carbons (Fsp3) is 0.333. The second kappa shape index (κ2) is 9.05. The predicted octanol–water partition coefficient (Wildman–Crippen LogP) is 3.04. The molecule has 6 nitrogen and oxygen atoms in total. The van der Waals surface area contributed by atoms with Gasteiger partial charge in [-0.05, 0) is 57.0 Å². The van der Waals surface area contributed by atoms with Crippen LogP contribution >= 0.6 is 0 Å². The Morgan fingerprint density at radius 3 is 2.07 bits per heavy atom. The van der Waals surface area contributed by atoms with Crippen LogP contribution in [0.2, 0.25) is 0 Å². The summed E-state index contributed by atoms with van der Waals surface area (Å²) in [5.74, 6) is -1.14. The predicted molar refractivity (Wildman–Crippen MR) is 105 cm³/mol. The monoisotopic (exact) mass is 390 g/mol. The van der Waals surface area contributed by atoms with Crippen LogP contribution in [0.5, 0.6) is 0 Å². The van der Waals surface area contributed by atoms with E-state index in [9.17, 15) is 19.2 Å². The molecule has 28 heavy (non-hydrogen) atoms. The first-order valence-electron chi connectivity index (χ1n) is 8.92. The number of nitrogens with zero attached hydrogens (tertiary/aromatic N) is 1. The zero-order chi connectivity index (χ0) is 20.9. The van der Waals surface area contributed by atoms with Crippen molar-refractivity contribution >= 4 is 11.8 Å². The van der Waals surface area contributed by atoms with E-state index in [0.717, 1.165) is 4.90 Å². The lowest BCUT2D eigenvalue weighted by Gasteiger charge is -2.21. The average molecular weight is 390 g/mol. The number of nitrogens with one attached hydrogen (secondary N) is 1. The summed E-state index contributed by atoms with van der Waals surface area (Å²) in [4.78, 5) is 25.7. The molecule has 7 heteroatoms. The van der Waals surface area contributed by atoms with Gasteiger partial charge in [-0.25, -0.2) is 9.87 Å². The molecule has 1 heterocycles. The highest BCUT2D eigenvalue weighted by Gasteiger charge is 2.36. The Morgan fingerprint density at radius 1 is 1.07 bits per heavy atom. The first kappa shape index (κ1) is 21.7. The van der Waals surface area contributed by atoms with Gasteiger partial charge < -0.3 is 10.3 Å². The molecule has 2 aromatic carbocycles. The van der Waals surface area contributed by atoms with E-state index in [0.29, 0.717) is 16.7 Å². The standard InChI is InChI=1S/C17H15FN2O3.C4H10O.H2/c18-12-5-3-4-11(8-12)9-13(19-23)10-20-16(21)14-6-1-2-7-15(14)17(20)22;1-4(2,3)5;/h1-8,13,19,23H,9-10H2;5H,1-3H3;1H/t13-;;/m0../s1. The van der Waals surface area contributed by atoms with Crippen LogP contribution in [0.1, 0.15) is 48.5 Å². The summed E-state index contributed by atoms with van der Waals surface area (Å²) in [5, 5.41) is 17.8. The molecule has 0 unspecified atom stereocenters. The molecular formula is C21H27FN2O4. The molecular weight excluding hydrogens is 363 g/mol. The Labute approximate surface area is 165 Å². The summed E-state index contributed by atoms with van der Waals surface area (Å²) in [6, 6.07) is 12.0. The van der Waals surface area contributed by atoms with E-state index in [1.165, 1.54) is 12.1 Å². The van der Waals surface area contributed by atoms with Crippen molar-refractivity contribution in [2.24, 2.45) is 0 Å². The third-order valence-electron chi connectivity index (χ3n) is 3.83. The molecule has 2 aromatic rings. The van der Waals surface area contributed by atoms with E-state index in [-0.39, 0.29) is 32.0 Å². The number of fused-ring (bicyclic) bond motifs is 1. The van der Waals surface area contributed by atoms with E-state index < -0.39 is 11.6 Å². The van der Waals surface area contributed by atoms with Gasteiger partial charge in [-0.2, -0.15) is 0 Å². The van der Waals surface area contributed by atoms with Crippen LogP contribution in [-0.2, 0) is 6.42 Å². The highest BCUT2D eigenvalue weighted by molar-refractivity contribution is 6.21. The summed E-state index contributed by atoms with van der Waals surface area (Å²) in [7, 11) is 0. The highest BCUT2D eigenvalue weighted by atomic mass is 19.1. The Hall–Kier alpha value is -2.61. The minimum absolute atomic E-state index is 0.